The van der Waals surface area contributed by atoms with Gasteiger partial charge in [0, 0.05) is 34.5 Å². The summed E-state index contributed by atoms with van der Waals surface area (Å²) in [6, 6.07) is 10.3. The number of nitro benzene ring substituents is 1. The van der Waals surface area contributed by atoms with Gasteiger partial charge in [-0.2, -0.15) is 0 Å². The third kappa shape index (κ3) is 5.51. The highest BCUT2D eigenvalue weighted by Gasteiger charge is 2.25. The van der Waals surface area contributed by atoms with Crippen LogP contribution in [0.25, 0.3) is 0 Å². The van der Waals surface area contributed by atoms with Crippen molar-refractivity contribution in [1.82, 2.24) is 5.32 Å². The van der Waals surface area contributed by atoms with E-state index in [1.165, 1.54) is 0 Å². The maximum Gasteiger partial charge on any atom is 0.271 e. The Hall–Kier alpha value is -2.45. The second-order valence-electron chi connectivity index (χ2n) is 6.85. The van der Waals surface area contributed by atoms with Crippen molar-refractivity contribution < 1.29 is 18.1 Å². The number of nitro groups is 1. The van der Waals surface area contributed by atoms with Crippen molar-refractivity contribution in [3.05, 3.63) is 68.7 Å². The van der Waals surface area contributed by atoms with E-state index in [1.54, 1.807) is 26.0 Å². The Morgan fingerprint density at radius 3 is 2.41 bits per heavy atom. The van der Waals surface area contributed by atoms with Gasteiger partial charge in [-0.1, -0.05) is 29.8 Å². The molecule has 7 nitrogen and oxygen atoms in total. The molecule has 1 amide bonds. The lowest BCUT2D eigenvalue weighted by Gasteiger charge is -2.27. The van der Waals surface area contributed by atoms with E-state index in [1.807, 2.05) is 12.1 Å². The number of nitrogens with zero attached hydrogens (tertiary/aromatic N) is 1. The van der Waals surface area contributed by atoms with Crippen LogP contribution in [-0.2, 0) is 16.3 Å². The van der Waals surface area contributed by atoms with Crippen molar-refractivity contribution in [3.8, 4) is 0 Å². The highest BCUT2D eigenvalue weighted by molar-refractivity contribution is 7.90. The number of nitrogens with one attached hydrogen (secondary N) is 1. The minimum absolute atomic E-state index is 0.100. The highest BCUT2D eigenvalue weighted by atomic mass is 35.5. The van der Waals surface area contributed by atoms with Crippen LogP contribution in [0.2, 0.25) is 5.02 Å². The summed E-state index contributed by atoms with van der Waals surface area (Å²) >= 11 is 6.16. The van der Waals surface area contributed by atoms with Gasteiger partial charge in [-0.05, 0) is 38.0 Å². The van der Waals surface area contributed by atoms with Crippen molar-refractivity contribution in [1.29, 1.82) is 0 Å². The molecule has 0 atom stereocenters. The predicted octanol–water partition coefficient (Wildman–Crippen LogP) is 3.40. The first-order chi connectivity index (χ1) is 12.4. The van der Waals surface area contributed by atoms with E-state index in [9.17, 15) is 23.3 Å². The smallest absolute Gasteiger partial charge is 0.271 e. The van der Waals surface area contributed by atoms with Crippen LogP contribution in [0.4, 0.5) is 5.69 Å². The van der Waals surface area contributed by atoms with Crippen LogP contribution in [0, 0.1) is 10.1 Å². The predicted molar refractivity (Wildman–Crippen MR) is 103 cm³/mol. The van der Waals surface area contributed by atoms with Crippen molar-refractivity contribution in [2.75, 3.05) is 6.26 Å². The maximum atomic E-state index is 12.6. The maximum absolute atomic E-state index is 12.6. The van der Waals surface area contributed by atoms with Crippen LogP contribution in [0.3, 0.4) is 0 Å². The van der Waals surface area contributed by atoms with Gasteiger partial charge in [-0.3, -0.25) is 14.9 Å². The van der Waals surface area contributed by atoms with Crippen LogP contribution in [0.5, 0.6) is 0 Å². The average molecular weight is 411 g/mol. The van der Waals surface area contributed by atoms with Crippen LogP contribution in [-0.4, -0.2) is 31.0 Å². The van der Waals surface area contributed by atoms with E-state index in [0.717, 1.165) is 30.0 Å². The first-order valence-corrected chi connectivity index (χ1v) is 10.2. The first-order valence-electron chi connectivity index (χ1n) is 7.94. The first kappa shape index (κ1) is 20.9. The third-order valence-corrected chi connectivity index (χ3v) is 5.30. The fourth-order valence-electron chi connectivity index (χ4n) is 2.58. The fraction of sp³-hybridized carbons (Fsp3) is 0.278. The zero-order chi connectivity index (χ0) is 20.4. The van der Waals surface area contributed by atoms with Gasteiger partial charge in [0.05, 0.1) is 9.82 Å². The molecule has 0 unspecified atom stereocenters. The molecule has 0 heterocycles. The third-order valence-electron chi connectivity index (χ3n) is 3.83. The van der Waals surface area contributed by atoms with Gasteiger partial charge in [0.15, 0.2) is 9.84 Å². The van der Waals surface area contributed by atoms with E-state index in [4.69, 9.17) is 11.6 Å². The van der Waals surface area contributed by atoms with Crippen LogP contribution < -0.4 is 5.32 Å². The van der Waals surface area contributed by atoms with Crippen molar-refractivity contribution >= 4 is 33.0 Å². The molecule has 2 rings (SSSR count). The Morgan fingerprint density at radius 2 is 1.85 bits per heavy atom. The van der Waals surface area contributed by atoms with Gasteiger partial charge in [0.25, 0.3) is 11.6 Å². The van der Waals surface area contributed by atoms with E-state index < -0.39 is 31.9 Å². The van der Waals surface area contributed by atoms with E-state index in [-0.39, 0.29) is 10.5 Å². The molecule has 27 heavy (non-hydrogen) atoms. The standard InChI is InChI=1S/C18H19ClN2O5S/c1-18(2,11-12-6-4-5-7-16(12)19)20-17(22)13-8-14(21(23)24)10-15(9-13)27(3,25)26/h4-10H,11H2,1-3H3,(H,20,22). The molecule has 0 saturated carbocycles. The van der Waals surface area contributed by atoms with Gasteiger partial charge in [0.2, 0.25) is 0 Å². The number of carbonyl (C=O) groups is 1. The quantitative estimate of drug-likeness (QED) is 0.580. The van der Waals surface area contributed by atoms with Crippen molar-refractivity contribution in [3.63, 3.8) is 0 Å². The monoisotopic (exact) mass is 410 g/mol. The molecule has 1 N–H and O–H groups in total. The average Bonchev–Trinajstić information content (AvgIpc) is 2.55. The number of hydrogen-bond donors (Lipinski definition) is 1. The highest BCUT2D eigenvalue weighted by Crippen LogP contribution is 2.23. The number of carbonyl (C=O) groups excluding carboxylic acids is 1. The second-order valence-corrected chi connectivity index (χ2v) is 9.27. The largest absolute Gasteiger partial charge is 0.347 e. The molecule has 9 heteroatoms. The van der Waals surface area contributed by atoms with Gasteiger partial charge in [-0.25, -0.2) is 8.42 Å². The normalized spacial score (nSPS) is 11.9. The molecule has 0 saturated heterocycles. The molecule has 2 aromatic rings. The summed E-state index contributed by atoms with van der Waals surface area (Å²) in [5, 5.41) is 14.4. The Labute approximate surface area is 162 Å². The molecular formula is C18H19ClN2O5S. The van der Waals surface area contributed by atoms with E-state index >= 15 is 0 Å². The Balaban J connectivity index is 2.32. The van der Waals surface area contributed by atoms with Crippen LogP contribution in [0.1, 0.15) is 29.8 Å². The Kier molecular flexibility index (Phi) is 5.91. The number of hydrogen-bond acceptors (Lipinski definition) is 5. The summed E-state index contributed by atoms with van der Waals surface area (Å²) < 4.78 is 23.6. The molecule has 0 fully saturated rings. The zero-order valence-electron chi connectivity index (χ0n) is 15.0. The Morgan fingerprint density at radius 1 is 1.22 bits per heavy atom. The minimum atomic E-state index is -3.71. The SMILES string of the molecule is CC(C)(Cc1ccccc1Cl)NC(=O)c1cc([N+](=O)[O-])cc(S(C)(=O)=O)c1. The molecule has 0 aliphatic heterocycles. The second kappa shape index (κ2) is 7.66. The lowest BCUT2D eigenvalue weighted by Crippen LogP contribution is -2.45. The molecule has 0 spiro atoms. The Bertz CT molecular complexity index is 1000. The number of amides is 1. The summed E-state index contributed by atoms with van der Waals surface area (Å²) in [6.07, 6.45) is 1.35. The molecule has 0 radical (unpaired) electrons. The van der Waals surface area contributed by atoms with Gasteiger partial charge in [-0.15, -0.1) is 0 Å². The zero-order valence-corrected chi connectivity index (χ0v) is 16.6. The van der Waals surface area contributed by atoms with Gasteiger partial charge >= 0.3 is 0 Å². The number of rotatable bonds is 6. The van der Waals surface area contributed by atoms with Crippen LogP contribution in [0.15, 0.2) is 47.4 Å². The molecule has 0 aromatic heterocycles. The topological polar surface area (TPSA) is 106 Å². The summed E-state index contributed by atoms with van der Waals surface area (Å²) in [6.45, 7) is 3.56. The summed E-state index contributed by atoms with van der Waals surface area (Å²) in [5.74, 6) is -0.611. The van der Waals surface area contributed by atoms with E-state index in [0.29, 0.717) is 11.4 Å². The molecule has 144 valence electrons. The number of benzene rings is 2. The number of halogens is 1. The lowest BCUT2D eigenvalue weighted by molar-refractivity contribution is -0.385. The molecular weight excluding hydrogens is 392 g/mol. The minimum Gasteiger partial charge on any atom is -0.347 e. The van der Waals surface area contributed by atoms with Crippen molar-refractivity contribution in [2.24, 2.45) is 0 Å². The van der Waals surface area contributed by atoms with E-state index in [2.05, 4.69) is 5.32 Å². The van der Waals surface area contributed by atoms with Gasteiger partial charge in [0.1, 0.15) is 0 Å². The van der Waals surface area contributed by atoms with Gasteiger partial charge < -0.3 is 5.32 Å². The summed E-state index contributed by atoms with van der Waals surface area (Å²) in [5.41, 5.74) is -0.456. The molecule has 0 aliphatic rings. The van der Waals surface area contributed by atoms with Crippen LogP contribution >= 0.6 is 11.6 Å². The summed E-state index contributed by atoms with van der Waals surface area (Å²) in [4.78, 5) is 22.7. The fourth-order valence-corrected chi connectivity index (χ4v) is 3.45. The summed E-state index contributed by atoms with van der Waals surface area (Å²) in [7, 11) is -3.71. The van der Waals surface area contributed by atoms with Crippen molar-refractivity contribution in [2.45, 2.75) is 30.7 Å². The lowest BCUT2D eigenvalue weighted by atomic mass is 9.94. The molecule has 2 aromatic carbocycles. The molecule has 0 aliphatic carbocycles. The number of sulfone groups is 1. The molecule has 0 bridgehead atoms. The number of non-ortho nitro benzene ring substituents is 1.